The maximum absolute atomic E-state index is 13.1. The van der Waals surface area contributed by atoms with E-state index in [1.165, 1.54) is 12.1 Å². The van der Waals surface area contributed by atoms with Crippen LogP contribution in [0.3, 0.4) is 0 Å². The monoisotopic (exact) mass is 376 g/mol. The number of hydrogen-bond acceptors (Lipinski definition) is 4. The zero-order chi connectivity index (χ0) is 19.4. The number of nitrogen functional groups attached to an aromatic ring is 1. The average Bonchev–Trinajstić information content (AvgIpc) is 2.62. The van der Waals surface area contributed by atoms with Crippen LogP contribution in [0.5, 0.6) is 5.75 Å². The number of benzene rings is 2. The Bertz CT molecular complexity index is 925. The van der Waals surface area contributed by atoms with Crippen molar-refractivity contribution in [3.63, 3.8) is 0 Å². The van der Waals surface area contributed by atoms with Gasteiger partial charge in [0.1, 0.15) is 11.6 Å². The molecule has 7 heteroatoms. The Balaban J connectivity index is 1.67. The highest BCUT2D eigenvalue weighted by Gasteiger charge is 2.31. The summed E-state index contributed by atoms with van der Waals surface area (Å²) in [6.07, 6.45) is -2.99. The van der Waals surface area contributed by atoms with Gasteiger partial charge >= 0.3 is 6.18 Å². The number of aromatic hydroxyl groups is 1. The standard InChI is InChI=1S/C20H19F3N2O2/c21-20(22,23)16-10-14-5-8-18(24)25-19(14)15(11-16)12-27-9-1-2-13-3-6-17(26)7-4-13/h3-8,10-11,26H,1-2,9,12H2,(H2,24,25). The zero-order valence-electron chi connectivity index (χ0n) is 14.5. The van der Waals surface area contributed by atoms with Crippen LogP contribution in [0.15, 0.2) is 48.5 Å². The van der Waals surface area contributed by atoms with Crippen molar-refractivity contribution in [1.29, 1.82) is 0 Å². The molecule has 4 nitrogen and oxygen atoms in total. The number of nitrogens with zero attached hydrogens (tertiary/aromatic N) is 1. The summed E-state index contributed by atoms with van der Waals surface area (Å²) in [7, 11) is 0. The summed E-state index contributed by atoms with van der Waals surface area (Å²) in [4.78, 5) is 4.16. The Morgan fingerprint density at radius 3 is 2.48 bits per heavy atom. The molecule has 0 saturated heterocycles. The van der Waals surface area contributed by atoms with E-state index in [0.717, 1.165) is 24.1 Å². The van der Waals surface area contributed by atoms with Gasteiger partial charge in [-0.1, -0.05) is 12.1 Å². The Morgan fingerprint density at radius 1 is 1.04 bits per heavy atom. The van der Waals surface area contributed by atoms with Crippen LogP contribution < -0.4 is 5.73 Å². The number of phenols is 1. The molecule has 0 unspecified atom stereocenters. The summed E-state index contributed by atoms with van der Waals surface area (Å²) in [5.74, 6) is 0.453. The van der Waals surface area contributed by atoms with Crippen LogP contribution in [-0.2, 0) is 23.9 Å². The molecule has 3 aromatic rings. The molecule has 2 aromatic carbocycles. The normalized spacial score (nSPS) is 11.8. The average molecular weight is 376 g/mol. The number of phenolic OH excluding ortho intramolecular Hbond substituents is 1. The number of anilines is 1. The number of nitrogens with two attached hydrogens (primary N) is 1. The van der Waals surface area contributed by atoms with Gasteiger partial charge in [-0.2, -0.15) is 13.2 Å². The lowest BCUT2D eigenvalue weighted by molar-refractivity contribution is -0.137. The number of fused-ring (bicyclic) bond motifs is 1. The Hall–Kier alpha value is -2.80. The van der Waals surface area contributed by atoms with Gasteiger partial charge in [0, 0.05) is 17.6 Å². The molecule has 0 fully saturated rings. The van der Waals surface area contributed by atoms with Crippen LogP contribution in [0.4, 0.5) is 19.0 Å². The van der Waals surface area contributed by atoms with Crippen molar-refractivity contribution in [2.75, 3.05) is 12.3 Å². The third kappa shape index (κ3) is 4.89. The largest absolute Gasteiger partial charge is 0.508 e. The first-order valence-corrected chi connectivity index (χ1v) is 8.45. The van der Waals surface area contributed by atoms with Crippen molar-refractivity contribution in [2.24, 2.45) is 0 Å². The Morgan fingerprint density at radius 2 is 1.78 bits per heavy atom. The van der Waals surface area contributed by atoms with Crippen LogP contribution in [0.2, 0.25) is 0 Å². The van der Waals surface area contributed by atoms with Gasteiger partial charge in [-0.05, 0) is 54.8 Å². The van der Waals surface area contributed by atoms with Crippen LogP contribution in [-0.4, -0.2) is 16.7 Å². The van der Waals surface area contributed by atoms with Crippen molar-refractivity contribution in [3.05, 3.63) is 65.2 Å². The second kappa shape index (κ2) is 7.84. The number of ether oxygens (including phenoxy) is 1. The molecule has 0 saturated carbocycles. The summed E-state index contributed by atoms with van der Waals surface area (Å²) in [5, 5.41) is 9.64. The maximum atomic E-state index is 13.1. The third-order valence-electron chi connectivity index (χ3n) is 4.17. The van der Waals surface area contributed by atoms with Crippen molar-refractivity contribution in [2.45, 2.75) is 25.6 Å². The minimum atomic E-state index is -4.44. The fraction of sp³-hybridized carbons (Fsp3) is 0.250. The molecule has 0 bridgehead atoms. The summed E-state index contributed by atoms with van der Waals surface area (Å²) in [5.41, 5.74) is 6.77. The molecule has 3 N–H and O–H groups in total. The number of aryl methyl sites for hydroxylation is 1. The van der Waals surface area contributed by atoms with Crippen LogP contribution in [0.1, 0.15) is 23.1 Å². The Kier molecular flexibility index (Phi) is 5.51. The minimum Gasteiger partial charge on any atom is -0.508 e. The SMILES string of the molecule is Nc1ccc2cc(C(F)(F)F)cc(COCCCc3ccc(O)cc3)c2n1. The minimum absolute atomic E-state index is 0.0203. The molecule has 0 aliphatic heterocycles. The van der Waals surface area contributed by atoms with Crippen molar-refractivity contribution in [1.82, 2.24) is 4.98 Å². The van der Waals surface area contributed by atoms with Gasteiger partial charge in [0.15, 0.2) is 0 Å². The van der Waals surface area contributed by atoms with E-state index in [0.29, 0.717) is 29.5 Å². The number of rotatable bonds is 6. The van der Waals surface area contributed by atoms with E-state index in [-0.39, 0.29) is 18.2 Å². The predicted octanol–water partition coefficient (Wildman–Crippen LogP) is 4.69. The van der Waals surface area contributed by atoms with Gasteiger partial charge in [-0.3, -0.25) is 0 Å². The summed E-state index contributed by atoms with van der Waals surface area (Å²) in [6.45, 7) is 0.410. The topological polar surface area (TPSA) is 68.4 Å². The van der Waals surface area contributed by atoms with E-state index in [2.05, 4.69) is 4.98 Å². The number of hydrogen-bond donors (Lipinski definition) is 2. The first-order valence-electron chi connectivity index (χ1n) is 8.45. The number of aromatic nitrogens is 1. The van der Waals surface area contributed by atoms with Crippen molar-refractivity contribution in [3.8, 4) is 5.75 Å². The lowest BCUT2D eigenvalue weighted by Gasteiger charge is -2.13. The van der Waals surface area contributed by atoms with E-state index >= 15 is 0 Å². The molecular formula is C20H19F3N2O2. The molecule has 0 amide bonds. The molecule has 27 heavy (non-hydrogen) atoms. The smallest absolute Gasteiger partial charge is 0.416 e. The molecule has 1 heterocycles. The maximum Gasteiger partial charge on any atom is 0.416 e. The molecule has 3 rings (SSSR count). The number of halogens is 3. The lowest BCUT2D eigenvalue weighted by Crippen LogP contribution is -2.07. The molecule has 1 aromatic heterocycles. The molecular weight excluding hydrogens is 357 g/mol. The van der Waals surface area contributed by atoms with E-state index in [1.807, 2.05) is 12.1 Å². The fourth-order valence-electron chi connectivity index (χ4n) is 2.82. The summed E-state index contributed by atoms with van der Waals surface area (Å²) < 4.78 is 45.0. The summed E-state index contributed by atoms with van der Waals surface area (Å²) in [6, 6.07) is 12.0. The molecule has 0 radical (unpaired) electrons. The molecule has 142 valence electrons. The second-order valence-corrected chi connectivity index (χ2v) is 6.26. The highest BCUT2D eigenvalue weighted by atomic mass is 19.4. The Labute approximate surface area is 154 Å². The van der Waals surface area contributed by atoms with Gasteiger partial charge in [0.2, 0.25) is 0 Å². The van der Waals surface area contributed by atoms with E-state index in [4.69, 9.17) is 10.5 Å². The highest BCUT2D eigenvalue weighted by molar-refractivity contribution is 5.84. The third-order valence-corrected chi connectivity index (χ3v) is 4.17. The van der Waals surface area contributed by atoms with E-state index < -0.39 is 11.7 Å². The zero-order valence-corrected chi connectivity index (χ0v) is 14.5. The quantitative estimate of drug-likeness (QED) is 0.613. The molecule has 0 atom stereocenters. The van der Waals surface area contributed by atoms with Crippen molar-refractivity contribution < 1.29 is 23.0 Å². The van der Waals surface area contributed by atoms with Gasteiger partial charge in [-0.15, -0.1) is 0 Å². The van der Waals surface area contributed by atoms with Gasteiger partial charge in [0.05, 0.1) is 17.7 Å². The van der Waals surface area contributed by atoms with Gasteiger partial charge in [-0.25, -0.2) is 4.98 Å². The van der Waals surface area contributed by atoms with Crippen LogP contribution in [0.25, 0.3) is 10.9 Å². The summed E-state index contributed by atoms with van der Waals surface area (Å²) >= 11 is 0. The number of pyridine rings is 1. The van der Waals surface area contributed by atoms with Gasteiger partial charge in [0.25, 0.3) is 0 Å². The second-order valence-electron chi connectivity index (χ2n) is 6.26. The molecule has 0 spiro atoms. The van der Waals surface area contributed by atoms with Crippen molar-refractivity contribution >= 4 is 16.7 Å². The van der Waals surface area contributed by atoms with E-state index in [1.54, 1.807) is 12.1 Å². The van der Waals surface area contributed by atoms with Gasteiger partial charge < -0.3 is 15.6 Å². The predicted molar refractivity (Wildman–Crippen MR) is 97.2 cm³/mol. The first-order chi connectivity index (χ1) is 12.8. The lowest BCUT2D eigenvalue weighted by atomic mass is 10.0. The number of alkyl halides is 3. The molecule has 0 aliphatic carbocycles. The van der Waals surface area contributed by atoms with Crippen LogP contribution in [0, 0.1) is 0 Å². The highest BCUT2D eigenvalue weighted by Crippen LogP contribution is 2.33. The fourth-order valence-corrected chi connectivity index (χ4v) is 2.82. The van der Waals surface area contributed by atoms with E-state index in [9.17, 15) is 18.3 Å². The molecule has 0 aliphatic rings. The van der Waals surface area contributed by atoms with Crippen LogP contribution >= 0.6 is 0 Å². The first kappa shape index (κ1) is 19.0.